The summed E-state index contributed by atoms with van der Waals surface area (Å²) in [5, 5.41) is 8.05. The molecule has 0 radical (unpaired) electrons. The van der Waals surface area contributed by atoms with E-state index in [4.69, 9.17) is 32.7 Å². The van der Waals surface area contributed by atoms with Crippen molar-refractivity contribution < 1.29 is 19.1 Å². The third-order valence-electron chi connectivity index (χ3n) is 5.37. The summed E-state index contributed by atoms with van der Waals surface area (Å²) in [5.74, 6) is -0.0304. The smallest absolute Gasteiger partial charge is 0.274 e. The van der Waals surface area contributed by atoms with Crippen molar-refractivity contribution in [2.45, 2.75) is 20.1 Å². The van der Waals surface area contributed by atoms with E-state index in [0.717, 1.165) is 5.56 Å². The van der Waals surface area contributed by atoms with Crippen molar-refractivity contribution in [2.75, 3.05) is 31.6 Å². The topological polar surface area (TPSA) is 85.7 Å². The van der Waals surface area contributed by atoms with Crippen molar-refractivity contribution >= 4 is 40.7 Å². The average molecular weight is 503 g/mol. The zero-order valence-electron chi connectivity index (χ0n) is 18.6. The van der Waals surface area contributed by atoms with Gasteiger partial charge >= 0.3 is 0 Å². The van der Waals surface area contributed by atoms with Crippen LogP contribution in [-0.4, -0.2) is 52.8 Å². The van der Waals surface area contributed by atoms with E-state index in [1.807, 2.05) is 13.0 Å². The van der Waals surface area contributed by atoms with Gasteiger partial charge in [-0.2, -0.15) is 5.10 Å². The second-order valence-electron chi connectivity index (χ2n) is 7.65. The number of ether oxygens (including phenoxy) is 2. The molecule has 1 fully saturated rings. The SMILES string of the molecule is CCn1ncc(NC(=O)c2cccc(COc3ccc(Cl)cc3Cl)c2)c1C(=O)N1CCOCC1. The first-order valence-electron chi connectivity index (χ1n) is 10.9. The number of halogens is 2. The van der Waals surface area contributed by atoms with E-state index in [2.05, 4.69) is 10.4 Å². The van der Waals surface area contributed by atoms with Crippen molar-refractivity contribution in [1.29, 1.82) is 0 Å². The Balaban J connectivity index is 1.48. The second kappa shape index (κ2) is 10.9. The third kappa shape index (κ3) is 5.52. The van der Waals surface area contributed by atoms with E-state index in [9.17, 15) is 9.59 Å². The first-order chi connectivity index (χ1) is 16.5. The highest BCUT2D eigenvalue weighted by Crippen LogP contribution is 2.28. The molecule has 2 heterocycles. The molecule has 0 spiro atoms. The van der Waals surface area contributed by atoms with Crippen LogP contribution >= 0.6 is 23.2 Å². The Bertz CT molecular complexity index is 1190. The minimum absolute atomic E-state index is 0.181. The Labute approximate surface area is 207 Å². The van der Waals surface area contributed by atoms with Gasteiger partial charge in [-0.05, 0) is 42.8 Å². The minimum atomic E-state index is -0.349. The molecule has 1 N–H and O–H groups in total. The van der Waals surface area contributed by atoms with Crippen LogP contribution in [-0.2, 0) is 17.9 Å². The molecule has 1 aromatic heterocycles. The minimum Gasteiger partial charge on any atom is -0.487 e. The first kappa shape index (κ1) is 24.1. The van der Waals surface area contributed by atoms with Crippen LogP contribution in [0.1, 0.15) is 33.3 Å². The van der Waals surface area contributed by atoms with Gasteiger partial charge in [0.1, 0.15) is 18.1 Å². The molecule has 0 aliphatic carbocycles. The van der Waals surface area contributed by atoms with Crippen LogP contribution in [0.25, 0.3) is 0 Å². The van der Waals surface area contributed by atoms with Crippen molar-refractivity contribution in [3.05, 3.63) is 75.5 Å². The van der Waals surface area contributed by atoms with Gasteiger partial charge in [-0.25, -0.2) is 0 Å². The monoisotopic (exact) mass is 502 g/mol. The van der Waals surface area contributed by atoms with Gasteiger partial charge in [-0.1, -0.05) is 35.3 Å². The number of amides is 2. The van der Waals surface area contributed by atoms with Crippen LogP contribution in [0, 0.1) is 0 Å². The molecule has 4 rings (SSSR count). The summed E-state index contributed by atoms with van der Waals surface area (Å²) in [5.41, 5.74) is 1.94. The molecule has 1 aliphatic heterocycles. The maximum atomic E-state index is 13.1. The Morgan fingerprint density at radius 1 is 1.15 bits per heavy atom. The second-order valence-corrected chi connectivity index (χ2v) is 8.49. The maximum Gasteiger partial charge on any atom is 0.274 e. The molecule has 10 heteroatoms. The summed E-state index contributed by atoms with van der Waals surface area (Å²) < 4.78 is 12.7. The highest BCUT2D eigenvalue weighted by Gasteiger charge is 2.26. The summed E-state index contributed by atoms with van der Waals surface area (Å²) in [4.78, 5) is 27.8. The molecular weight excluding hydrogens is 479 g/mol. The van der Waals surface area contributed by atoms with Gasteiger partial charge in [0.2, 0.25) is 0 Å². The molecule has 2 amide bonds. The number of aromatic nitrogens is 2. The summed E-state index contributed by atoms with van der Waals surface area (Å²) in [6, 6.07) is 12.0. The molecule has 0 bridgehead atoms. The molecule has 0 unspecified atom stereocenters. The van der Waals surface area contributed by atoms with E-state index >= 15 is 0 Å². The molecule has 34 heavy (non-hydrogen) atoms. The van der Waals surface area contributed by atoms with Crippen molar-refractivity contribution in [3.63, 3.8) is 0 Å². The summed E-state index contributed by atoms with van der Waals surface area (Å²) in [7, 11) is 0. The molecule has 2 aromatic carbocycles. The molecule has 1 saturated heterocycles. The van der Waals surface area contributed by atoms with E-state index in [0.29, 0.717) is 65.6 Å². The number of aryl methyl sites for hydroxylation is 1. The first-order valence-corrected chi connectivity index (χ1v) is 11.6. The van der Waals surface area contributed by atoms with Gasteiger partial charge in [0.15, 0.2) is 0 Å². The number of carbonyl (C=O) groups is 2. The van der Waals surface area contributed by atoms with Crippen LogP contribution in [0.3, 0.4) is 0 Å². The molecule has 3 aromatic rings. The lowest BCUT2D eigenvalue weighted by Gasteiger charge is -2.27. The van der Waals surface area contributed by atoms with Crippen molar-refractivity contribution in [2.24, 2.45) is 0 Å². The summed E-state index contributed by atoms with van der Waals surface area (Å²) >= 11 is 12.1. The van der Waals surface area contributed by atoms with Gasteiger partial charge in [0.05, 0.1) is 30.1 Å². The Kier molecular flexibility index (Phi) is 7.72. The summed E-state index contributed by atoms with van der Waals surface area (Å²) in [6.07, 6.45) is 1.50. The zero-order valence-corrected chi connectivity index (χ0v) is 20.1. The largest absolute Gasteiger partial charge is 0.487 e. The van der Waals surface area contributed by atoms with E-state index in [1.54, 1.807) is 46.0 Å². The standard InChI is InChI=1S/C24H24Cl2N4O4/c1-2-30-22(24(32)29-8-10-33-11-9-29)20(14-27-30)28-23(31)17-5-3-4-16(12-17)15-34-21-7-6-18(25)13-19(21)26/h3-7,12-14H,2,8-11,15H2,1H3,(H,28,31). The Morgan fingerprint density at radius 3 is 2.68 bits per heavy atom. The highest BCUT2D eigenvalue weighted by molar-refractivity contribution is 6.35. The lowest BCUT2D eigenvalue weighted by atomic mass is 10.1. The average Bonchev–Trinajstić information content (AvgIpc) is 3.26. The van der Waals surface area contributed by atoms with Gasteiger partial charge in [0.25, 0.3) is 11.8 Å². The molecule has 1 aliphatic rings. The predicted molar refractivity (Wildman–Crippen MR) is 130 cm³/mol. The van der Waals surface area contributed by atoms with Gasteiger partial charge < -0.3 is 19.7 Å². The van der Waals surface area contributed by atoms with Crippen LogP contribution in [0.5, 0.6) is 5.75 Å². The Morgan fingerprint density at radius 2 is 1.94 bits per heavy atom. The number of benzene rings is 2. The van der Waals surface area contributed by atoms with Gasteiger partial charge in [-0.15, -0.1) is 0 Å². The number of hydrogen-bond donors (Lipinski definition) is 1. The van der Waals surface area contributed by atoms with E-state index < -0.39 is 0 Å². The molecular formula is C24H24Cl2N4O4. The number of nitrogens with zero attached hydrogens (tertiary/aromatic N) is 3. The molecule has 0 saturated carbocycles. The molecule has 0 atom stereocenters. The number of hydrogen-bond acceptors (Lipinski definition) is 5. The van der Waals surface area contributed by atoms with Crippen molar-refractivity contribution in [3.8, 4) is 5.75 Å². The maximum absolute atomic E-state index is 13.1. The lowest BCUT2D eigenvalue weighted by Crippen LogP contribution is -2.41. The third-order valence-corrected chi connectivity index (χ3v) is 5.90. The van der Waals surface area contributed by atoms with E-state index in [1.165, 1.54) is 6.20 Å². The zero-order chi connectivity index (χ0) is 24.1. The highest BCUT2D eigenvalue weighted by atomic mass is 35.5. The normalized spacial score (nSPS) is 13.6. The quantitative estimate of drug-likeness (QED) is 0.513. The number of carbonyl (C=O) groups excluding carboxylic acids is 2. The molecule has 8 nitrogen and oxygen atoms in total. The number of nitrogens with one attached hydrogen (secondary N) is 1. The van der Waals surface area contributed by atoms with Crippen LogP contribution in [0.4, 0.5) is 5.69 Å². The Hall–Kier alpha value is -3.07. The fourth-order valence-electron chi connectivity index (χ4n) is 3.61. The predicted octanol–water partition coefficient (Wildman–Crippen LogP) is 4.51. The number of anilines is 1. The van der Waals surface area contributed by atoms with Crippen LogP contribution in [0.2, 0.25) is 10.0 Å². The van der Waals surface area contributed by atoms with Crippen molar-refractivity contribution in [1.82, 2.24) is 14.7 Å². The molecule has 178 valence electrons. The van der Waals surface area contributed by atoms with Crippen LogP contribution in [0.15, 0.2) is 48.7 Å². The number of rotatable bonds is 7. The fourth-order valence-corrected chi connectivity index (χ4v) is 4.07. The summed E-state index contributed by atoms with van der Waals surface area (Å²) in [6.45, 7) is 4.60. The number of morpholine rings is 1. The lowest BCUT2D eigenvalue weighted by molar-refractivity contribution is 0.0295. The van der Waals surface area contributed by atoms with Crippen LogP contribution < -0.4 is 10.1 Å². The van der Waals surface area contributed by atoms with Gasteiger partial charge in [-0.3, -0.25) is 14.3 Å². The van der Waals surface area contributed by atoms with E-state index in [-0.39, 0.29) is 18.4 Å². The fraction of sp³-hybridized carbons (Fsp3) is 0.292. The van der Waals surface area contributed by atoms with Gasteiger partial charge in [0, 0.05) is 30.2 Å².